The number of carbonyl (C=O) groups is 2. The molecule has 18 heavy (non-hydrogen) atoms. The van der Waals surface area contributed by atoms with Crippen molar-refractivity contribution in [1.29, 1.82) is 0 Å². The average Bonchev–Trinajstić information content (AvgIpc) is 2.26. The molecule has 0 aliphatic heterocycles. The first-order valence-corrected chi connectivity index (χ1v) is 5.12. The van der Waals surface area contributed by atoms with Gasteiger partial charge in [0.05, 0.1) is 11.3 Å². The van der Waals surface area contributed by atoms with Gasteiger partial charge in [-0.1, -0.05) is 12.2 Å². The largest absolute Gasteiger partial charge is 0.478 e. The molecule has 0 heterocycles. The van der Waals surface area contributed by atoms with Gasteiger partial charge >= 0.3 is 12.0 Å². The van der Waals surface area contributed by atoms with Crippen LogP contribution in [0.25, 0.3) is 0 Å². The van der Waals surface area contributed by atoms with Crippen LogP contribution in [0.4, 0.5) is 14.9 Å². The van der Waals surface area contributed by atoms with Crippen LogP contribution < -0.4 is 10.6 Å². The van der Waals surface area contributed by atoms with Crippen molar-refractivity contribution in [1.82, 2.24) is 5.32 Å². The number of aromatic carboxylic acids is 1. The van der Waals surface area contributed by atoms with Gasteiger partial charge in [-0.15, -0.1) is 0 Å². The summed E-state index contributed by atoms with van der Waals surface area (Å²) < 4.78 is 13.0. The maximum Gasteiger partial charge on any atom is 0.337 e. The minimum absolute atomic E-state index is 0.0956. The molecule has 1 aromatic carbocycles. The summed E-state index contributed by atoms with van der Waals surface area (Å²) in [5.41, 5.74) is 0.464. The highest BCUT2D eigenvalue weighted by atomic mass is 19.1. The van der Waals surface area contributed by atoms with Crippen molar-refractivity contribution in [3.8, 4) is 0 Å². The summed E-state index contributed by atoms with van der Waals surface area (Å²) in [4.78, 5) is 22.3. The maximum atomic E-state index is 13.0. The van der Waals surface area contributed by atoms with E-state index in [0.29, 0.717) is 0 Å². The van der Waals surface area contributed by atoms with Gasteiger partial charge < -0.3 is 15.7 Å². The fraction of sp³-hybridized carbons (Fsp3) is 0.167. The lowest BCUT2D eigenvalue weighted by atomic mass is 10.2. The van der Waals surface area contributed by atoms with E-state index in [9.17, 15) is 14.0 Å². The molecule has 2 amide bonds. The summed E-state index contributed by atoms with van der Waals surface area (Å²) in [6.07, 6.45) is 0. The lowest BCUT2D eigenvalue weighted by Crippen LogP contribution is -2.30. The smallest absolute Gasteiger partial charge is 0.337 e. The normalized spacial score (nSPS) is 9.67. The fourth-order valence-electron chi connectivity index (χ4n) is 1.20. The number of urea groups is 1. The number of nitrogens with one attached hydrogen (secondary N) is 2. The predicted molar refractivity (Wildman–Crippen MR) is 65.2 cm³/mol. The third kappa shape index (κ3) is 3.89. The van der Waals surface area contributed by atoms with Crippen molar-refractivity contribution >= 4 is 17.7 Å². The van der Waals surface area contributed by atoms with Crippen LogP contribution in [0.15, 0.2) is 30.4 Å². The number of amides is 2. The number of hydrogen-bond acceptors (Lipinski definition) is 2. The first-order valence-electron chi connectivity index (χ1n) is 5.12. The molecule has 1 rings (SSSR count). The van der Waals surface area contributed by atoms with E-state index in [-0.39, 0.29) is 17.8 Å². The molecule has 5 nitrogen and oxygen atoms in total. The zero-order valence-corrected chi connectivity index (χ0v) is 9.79. The van der Waals surface area contributed by atoms with Gasteiger partial charge in [0, 0.05) is 6.54 Å². The molecule has 0 unspecified atom stereocenters. The quantitative estimate of drug-likeness (QED) is 0.719. The molecule has 0 radical (unpaired) electrons. The highest BCUT2D eigenvalue weighted by Gasteiger charge is 2.13. The summed E-state index contributed by atoms with van der Waals surface area (Å²) in [6.45, 7) is 5.58. The highest BCUT2D eigenvalue weighted by molar-refractivity contribution is 6.00. The summed E-state index contributed by atoms with van der Waals surface area (Å²) in [7, 11) is 0. The second-order valence-corrected chi connectivity index (χ2v) is 3.76. The Hall–Kier alpha value is -2.37. The van der Waals surface area contributed by atoms with Gasteiger partial charge in [-0.2, -0.15) is 0 Å². The monoisotopic (exact) mass is 252 g/mol. The van der Waals surface area contributed by atoms with Crippen LogP contribution in [0.3, 0.4) is 0 Å². The minimum Gasteiger partial charge on any atom is -0.478 e. The molecule has 0 fully saturated rings. The van der Waals surface area contributed by atoms with Crippen molar-refractivity contribution in [2.45, 2.75) is 6.92 Å². The number of carboxylic acids is 1. The molecular formula is C12H13FN2O3. The van der Waals surface area contributed by atoms with E-state index >= 15 is 0 Å². The number of benzene rings is 1. The SMILES string of the molecule is C=C(C)CNC(=O)Nc1cc(F)ccc1C(=O)O. The van der Waals surface area contributed by atoms with E-state index in [0.717, 1.165) is 23.8 Å². The van der Waals surface area contributed by atoms with Gasteiger partial charge in [0.2, 0.25) is 0 Å². The predicted octanol–water partition coefficient (Wildman–Crippen LogP) is 2.22. The Labute approximate surface area is 103 Å². The third-order valence-corrected chi connectivity index (χ3v) is 2.01. The Morgan fingerprint density at radius 2 is 2.11 bits per heavy atom. The van der Waals surface area contributed by atoms with E-state index in [1.54, 1.807) is 6.92 Å². The number of rotatable bonds is 4. The Bertz CT molecular complexity index is 500. The number of hydrogen-bond donors (Lipinski definition) is 3. The van der Waals surface area contributed by atoms with E-state index < -0.39 is 17.8 Å². The lowest BCUT2D eigenvalue weighted by molar-refractivity contribution is 0.0698. The Balaban J connectivity index is 2.82. The van der Waals surface area contributed by atoms with E-state index in [4.69, 9.17) is 5.11 Å². The average molecular weight is 252 g/mol. The molecular weight excluding hydrogens is 239 g/mol. The van der Waals surface area contributed by atoms with Crippen LogP contribution in [0.1, 0.15) is 17.3 Å². The van der Waals surface area contributed by atoms with Crippen LogP contribution in [0.2, 0.25) is 0 Å². The van der Waals surface area contributed by atoms with Crippen LogP contribution in [-0.4, -0.2) is 23.7 Å². The minimum atomic E-state index is -1.25. The summed E-state index contributed by atoms with van der Waals surface area (Å²) in [6, 6.07) is 2.43. The Morgan fingerprint density at radius 3 is 2.67 bits per heavy atom. The molecule has 0 aliphatic carbocycles. The van der Waals surface area contributed by atoms with E-state index in [2.05, 4.69) is 17.2 Å². The van der Waals surface area contributed by atoms with Gasteiger partial charge in [-0.3, -0.25) is 0 Å². The van der Waals surface area contributed by atoms with Gasteiger partial charge in [-0.05, 0) is 25.1 Å². The fourth-order valence-corrected chi connectivity index (χ4v) is 1.20. The van der Waals surface area contributed by atoms with Gasteiger partial charge in [-0.25, -0.2) is 14.0 Å². The highest BCUT2D eigenvalue weighted by Crippen LogP contribution is 2.17. The number of halogens is 1. The first kappa shape index (κ1) is 13.7. The molecule has 0 aromatic heterocycles. The van der Waals surface area contributed by atoms with Crippen molar-refractivity contribution in [3.05, 3.63) is 41.7 Å². The van der Waals surface area contributed by atoms with Crippen molar-refractivity contribution in [2.75, 3.05) is 11.9 Å². The van der Waals surface area contributed by atoms with Crippen molar-refractivity contribution in [2.24, 2.45) is 0 Å². The standard InChI is InChI=1S/C12H13FN2O3/c1-7(2)6-14-12(18)15-10-5-8(13)3-4-9(10)11(16)17/h3-5H,1,6H2,2H3,(H,16,17)(H2,14,15,18). The van der Waals surface area contributed by atoms with E-state index in [1.165, 1.54) is 0 Å². The number of anilines is 1. The summed E-state index contributed by atoms with van der Waals surface area (Å²) in [5, 5.41) is 13.6. The van der Waals surface area contributed by atoms with Crippen LogP contribution >= 0.6 is 0 Å². The molecule has 6 heteroatoms. The van der Waals surface area contributed by atoms with Crippen LogP contribution in [-0.2, 0) is 0 Å². The van der Waals surface area contributed by atoms with Crippen LogP contribution in [0.5, 0.6) is 0 Å². The molecule has 1 aromatic rings. The molecule has 96 valence electrons. The number of carboxylic acid groups (broad SMARTS) is 1. The summed E-state index contributed by atoms with van der Waals surface area (Å²) in [5.74, 6) is -1.87. The van der Waals surface area contributed by atoms with Gasteiger partial charge in [0.25, 0.3) is 0 Å². The number of carbonyl (C=O) groups excluding carboxylic acids is 1. The molecule has 0 spiro atoms. The molecule has 0 atom stereocenters. The molecule has 3 N–H and O–H groups in total. The van der Waals surface area contributed by atoms with Crippen LogP contribution in [0, 0.1) is 5.82 Å². The van der Waals surface area contributed by atoms with Gasteiger partial charge in [0.1, 0.15) is 5.82 Å². The Kier molecular flexibility index (Phi) is 4.42. The van der Waals surface area contributed by atoms with Gasteiger partial charge in [0.15, 0.2) is 0 Å². The molecule has 0 bridgehead atoms. The zero-order chi connectivity index (χ0) is 13.7. The molecule has 0 saturated carbocycles. The zero-order valence-electron chi connectivity index (χ0n) is 9.79. The second-order valence-electron chi connectivity index (χ2n) is 3.76. The first-order chi connectivity index (χ1) is 8.40. The van der Waals surface area contributed by atoms with Crippen molar-refractivity contribution < 1.29 is 19.1 Å². The topological polar surface area (TPSA) is 78.4 Å². The lowest BCUT2D eigenvalue weighted by Gasteiger charge is -2.09. The maximum absolute atomic E-state index is 13.0. The molecule has 0 aliphatic rings. The second kappa shape index (κ2) is 5.81. The third-order valence-electron chi connectivity index (χ3n) is 2.01. The van der Waals surface area contributed by atoms with Crippen molar-refractivity contribution in [3.63, 3.8) is 0 Å². The Morgan fingerprint density at radius 1 is 1.44 bits per heavy atom. The van der Waals surface area contributed by atoms with E-state index in [1.807, 2.05) is 0 Å². The summed E-state index contributed by atoms with van der Waals surface area (Å²) >= 11 is 0. The molecule has 0 saturated heterocycles.